The molecule has 0 aliphatic rings. The predicted octanol–water partition coefficient (Wildman–Crippen LogP) is 3.14. The van der Waals surface area contributed by atoms with Gasteiger partial charge in [-0.25, -0.2) is 0 Å². The van der Waals surface area contributed by atoms with Crippen LogP contribution in [0.25, 0.3) is 0 Å². The minimum atomic E-state index is 0.240. The van der Waals surface area contributed by atoms with E-state index in [9.17, 15) is 0 Å². The van der Waals surface area contributed by atoms with Crippen molar-refractivity contribution in [3.8, 4) is 5.75 Å². The van der Waals surface area contributed by atoms with Crippen LogP contribution in [-0.2, 0) is 0 Å². The molecule has 1 unspecified atom stereocenters. The van der Waals surface area contributed by atoms with Gasteiger partial charge in [-0.1, -0.05) is 25.5 Å². The molecular weight excluding hydrogens is 174 g/mol. The number of hydrogen-bond acceptors (Lipinski definition) is 2. The summed E-state index contributed by atoms with van der Waals surface area (Å²) in [4.78, 5) is 0. The van der Waals surface area contributed by atoms with Crippen LogP contribution in [0.5, 0.6) is 5.75 Å². The number of hydrogen-bond donors (Lipinski definition) is 1. The molecule has 2 N–H and O–H groups in total. The summed E-state index contributed by atoms with van der Waals surface area (Å²) in [7, 11) is 0. The summed E-state index contributed by atoms with van der Waals surface area (Å²) in [5, 5.41) is 0. The molecule has 0 saturated heterocycles. The van der Waals surface area contributed by atoms with Crippen molar-refractivity contribution in [2.24, 2.45) is 0 Å². The van der Waals surface area contributed by atoms with E-state index in [1.54, 1.807) is 0 Å². The molecule has 1 aromatic carbocycles. The Morgan fingerprint density at radius 1 is 1.43 bits per heavy atom. The van der Waals surface area contributed by atoms with Crippen molar-refractivity contribution in [3.05, 3.63) is 23.8 Å². The number of aryl methyl sites for hydroxylation is 1. The number of rotatable bonds is 4. The molecule has 1 atom stereocenters. The van der Waals surface area contributed by atoms with Gasteiger partial charge in [0.2, 0.25) is 0 Å². The summed E-state index contributed by atoms with van der Waals surface area (Å²) >= 11 is 0. The maximum absolute atomic E-state index is 5.90. The molecule has 0 heterocycles. The fourth-order valence-electron chi connectivity index (χ4n) is 1.44. The summed E-state index contributed by atoms with van der Waals surface area (Å²) in [5.41, 5.74) is 7.74. The van der Waals surface area contributed by atoms with Crippen molar-refractivity contribution in [1.29, 1.82) is 0 Å². The molecule has 0 aliphatic carbocycles. The molecule has 0 saturated carbocycles. The normalized spacial score (nSPS) is 12.5. The third-order valence-electron chi connectivity index (χ3n) is 2.31. The van der Waals surface area contributed by atoms with Crippen molar-refractivity contribution < 1.29 is 4.74 Å². The van der Waals surface area contributed by atoms with Gasteiger partial charge in [-0.2, -0.15) is 0 Å². The van der Waals surface area contributed by atoms with Crippen molar-refractivity contribution in [2.75, 3.05) is 5.73 Å². The summed E-state index contributed by atoms with van der Waals surface area (Å²) in [6.07, 6.45) is 2.43. The van der Waals surface area contributed by atoms with E-state index in [1.165, 1.54) is 0 Å². The van der Waals surface area contributed by atoms with Gasteiger partial charge in [0.1, 0.15) is 5.75 Å². The van der Waals surface area contributed by atoms with Gasteiger partial charge in [0.05, 0.1) is 11.8 Å². The van der Waals surface area contributed by atoms with E-state index in [4.69, 9.17) is 10.5 Å². The van der Waals surface area contributed by atoms with E-state index in [0.717, 1.165) is 29.8 Å². The monoisotopic (exact) mass is 193 g/mol. The minimum Gasteiger partial charge on any atom is -0.489 e. The Labute approximate surface area is 86.1 Å². The average Bonchev–Trinajstić information content (AvgIpc) is 2.13. The first kappa shape index (κ1) is 10.9. The van der Waals surface area contributed by atoms with Crippen LogP contribution in [-0.4, -0.2) is 6.10 Å². The van der Waals surface area contributed by atoms with Crippen LogP contribution in [0, 0.1) is 6.92 Å². The molecule has 0 radical (unpaired) electrons. The Morgan fingerprint density at radius 3 is 2.79 bits per heavy atom. The van der Waals surface area contributed by atoms with Gasteiger partial charge < -0.3 is 10.5 Å². The lowest BCUT2D eigenvalue weighted by Crippen LogP contribution is -2.12. The molecule has 78 valence electrons. The zero-order chi connectivity index (χ0) is 10.6. The van der Waals surface area contributed by atoms with Crippen LogP contribution in [0.15, 0.2) is 18.2 Å². The molecule has 0 bridgehead atoms. The molecule has 1 rings (SSSR count). The van der Waals surface area contributed by atoms with E-state index in [2.05, 4.69) is 13.8 Å². The van der Waals surface area contributed by atoms with Gasteiger partial charge in [-0.15, -0.1) is 0 Å². The molecule has 2 nitrogen and oxygen atoms in total. The van der Waals surface area contributed by atoms with Crippen LogP contribution >= 0.6 is 0 Å². The maximum atomic E-state index is 5.90. The molecule has 14 heavy (non-hydrogen) atoms. The van der Waals surface area contributed by atoms with E-state index in [-0.39, 0.29) is 6.10 Å². The fourth-order valence-corrected chi connectivity index (χ4v) is 1.44. The number of benzene rings is 1. The molecule has 0 spiro atoms. The first-order valence-electron chi connectivity index (χ1n) is 5.17. The van der Waals surface area contributed by atoms with Crippen molar-refractivity contribution in [2.45, 2.75) is 39.7 Å². The topological polar surface area (TPSA) is 35.2 Å². The van der Waals surface area contributed by atoms with Crippen LogP contribution in [0.1, 0.15) is 32.3 Å². The first-order valence-corrected chi connectivity index (χ1v) is 5.17. The lowest BCUT2D eigenvalue weighted by molar-refractivity contribution is 0.211. The average molecular weight is 193 g/mol. The number of nitrogens with two attached hydrogens (primary N) is 1. The van der Waals surface area contributed by atoms with Gasteiger partial charge in [0.15, 0.2) is 0 Å². The second-order valence-corrected chi connectivity index (χ2v) is 3.70. The summed E-state index contributed by atoms with van der Waals surface area (Å²) < 4.78 is 5.74. The molecule has 0 aromatic heterocycles. The van der Waals surface area contributed by atoms with E-state index in [0.29, 0.717) is 0 Å². The first-order chi connectivity index (χ1) is 6.65. The van der Waals surface area contributed by atoms with Crippen LogP contribution in [0.3, 0.4) is 0 Å². The van der Waals surface area contributed by atoms with Crippen LogP contribution < -0.4 is 10.5 Å². The number of nitrogen functional groups attached to an aromatic ring is 1. The highest BCUT2D eigenvalue weighted by molar-refractivity contribution is 5.57. The number of ether oxygens (including phenoxy) is 1. The predicted molar refractivity (Wildman–Crippen MR) is 60.6 cm³/mol. The van der Waals surface area contributed by atoms with Gasteiger partial charge in [-0.3, -0.25) is 0 Å². The van der Waals surface area contributed by atoms with Crippen LogP contribution in [0.4, 0.5) is 5.69 Å². The maximum Gasteiger partial charge on any atom is 0.142 e. The minimum absolute atomic E-state index is 0.240. The largest absolute Gasteiger partial charge is 0.489 e. The van der Waals surface area contributed by atoms with Crippen molar-refractivity contribution in [3.63, 3.8) is 0 Å². The zero-order valence-corrected chi connectivity index (χ0v) is 9.21. The third-order valence-corrected chi connectivity index (χ3v) is 2.31. The lowest BCUT2D eigenvalue weighted by Gasteiger charge is -2.16. The quantitative estimate of drug-likeness (QED) is 0.745. The lowest BCUT2D eigenvalue weighted by atomic mass is 10.2. The number of anilines is 1. The highest BCUT2D eigenvalue weighted by Gasteiger charge is 2.06. The van der Waals surface area contributed by atoms with Gasteiger partial charge >= 0.3 is 0 Å². The second kappa shape index (κ2) is 4.89. The highest BCUT2D eigenvalue weighted by atomic mass is 16.5. The molecule has 1 aromatic rings. The molecular formula is C12H19NO. The molecule has 2 heteroatoms. The number of para-hydroxylation sites is 1. The van der Waals surface area contributed by atoms with Crippen molar-refractivity contribution in [1.82, 2.24) is 0 Å². The summed E-state index contributed by atoms with van der Waals surface area (Å²) in [6, 6.07) is 5.89. The van der Waals surface area contributed by atoms with E-state index < -0.39 is 0 Å². The summed E-state index contributed by atoms with van der Waals surface area (Å²) in [5.74, 6) is 0.811. The van der Waals surface area contributed by atoms with Crippen LogP contribution in [0.2, 0.25) is 0 Å². The Balaban J connectivity index is 2.71. The molecule has 0 fully saturated rings. The van der Waals surface area contributed by atoms with Gasteiger partial charge in [0.25, 0.3) is 0 Å². The fraction of sp³-hybridized carbons (Fsp3) is 0.500. The Hall–Kier alpha value is -1.18. The smallest absolute Gasteiger partial charge is 0.142 e. The van der Waals surface area contributed by atoms with Gasteiger partial charge in [-0.05, 0) is 31.9 Å². The highest BCUT2D eigenvalue weighted by Crippen LogP contribution is 2.25. The van der Waals surface area contributed by atoms with E-state index in [1.807, 2.05) is 25.1 Å². The van der Waals surface area contributed by atoms with E-state index >= 15 is 0 Å². The Kier molecular flexibility index (Phi) is 3.81. The molecule has 0 aliphatic heterocycles. The van der Waals surface area contributed by atoms with Gasteiger partial charge in [0, 0.05) is 0 Å². The molecule has 0 amide bonds. The second-order valence-electron chi connectivity index (χ2n) is 3.70. The van der Waals surface area contributed by atoms with Crippen molar-refractivity contribution >= 4 is 5.69 Å². The Bertz CT molecular complexity index is 296. The SMILES string of the molecule is CCCC(C)Oc1cccc(C)c1N. The Morgan fingerprint density at radius 2 is 2.14 bits per heavy atom. The third kappa shape index (κ3) is 2.66. The zero-order valence-electron chi connectivity index (χ0n) is 9.21. The standard InChI is InChI=1S/C12H19NO/c1-4-6-10(3)14-11-8-5-7-9(2)12(11)13/h5,7-8,10H,4,6,13H2,1-3H3. The summed E-state index contributed by atoms with van der Waals surface area (Å²) in [6.45, 7) is 6.22.